The van der Waals surface area contributed by atoms with Crippen molar-refractivity contribution in [1.82, 2.24) is 0 Å². The molecule has 0 aromatic heterocycles. The Balaban J connectivity index is 2.81. The molecule has 0 amide bonds. The molecule has 1 aromatic rings. The highest BCUT2D eigenvalue weighted by molar-refractivity contribution is 5.43. The minimum absolute atomic E-state index is 0.504. The van der Waals surface area contributed by atoms with Crippen molar-refractivity contribution < 1.29 is 9.47 Å². The lowest BCUT2D eigenvalue weighted by molar-refractivity contribution is 0.326. The van der Waals surface area contributed by atoms with Crippen molar-refractivity contribution in [2.45, 2.75) is 13.5 Å². The zero-order valence-corrected chi connectivity index (χ0v) is 9.19. The molecule has 1 aromatic carbocycles. The van der Waals surface area contributed by atoms with Crippen LogP contribution in [0.3, 0.4) is 0 Å². The van der Waals surface area contributed by atoms with E-state index >= 15 is 0 Å². The molecular formula is C12H17NO2. The average molecular weight is 207 g/mol. The van der Waals surface area contributed by atoms with Crippen LogP contribution in [0, 0.1) is 0 Å². The van der Waals surface area contributed by atoms with E-state index in [2.05, 4.69) is 0 Å². The van der Waals surface area contributed by atoms with Gasteiger partial charge in [-0.15, -0.1) is 0 Å². The van der Waals surface area contributed by atoms with Crippen molar-refractivity contribution in [2.24, 2.45) is 5.73 Å². The molecule has 82 valence electrons. The van der Waals surface area contributed by atoms with Gasteiger partial charge in [-0.25, -0.2) is 0 Å². The summed E-state index contributed by atoms with van der Waals surface area (Å²) in [6, 6.07) is 5.71. The van der Waals surface area contributed by atoms with Crippen LogP contribution in [-0.4, -0.2) is 13.7 Å². The first-order valence-corrected chi connectivity index (χ1v) is 4.92. The van der Waals surface area contributed by atoms with Crippen molar-refractivity contribution in [2.75, 3.05) is 13.7 Å². The van der Waals surface area contributed by atoms with Gasteiger partial charge in [-0.05, 0) is 24.6 Å². The molecule has 0 spiro atoms. The number of hydrogen-bond acceptors (Lipinski definition) is 3. The highest BCUT2D eigenvalue weighted by Gasteiger charge is 2.03. The molecule has 1 rings (SSSR count). The van der Waals surface area contributed by atoms with E-state index in [0.717, 1.165) is 17.1 Å². The van der Waals surface area contributed by atoms with Crippen LogP contribution in [0.15, 0.2) is 30.4 Å². The van der Waals surface area contributed by atoms with Crippen LogP contribution < -0.4 is 15.2 Å². The molecule has 3 nitrogen and oxygen atoms in total. The third-order valence-corrected chi connectivity index (χ3v) is 2.03. The summed E-state index contributed by atoms with van der Waals surface area (Å²) in [5.41, 5.74) is 6.59. The van der Waals surface area contributed by atoms with E-state index in [4.69, 9.17) is 15.2 Å². The Hall–Kier alpha value is -1.48. The van der Waals surface area contributed by atoms with Gasteiger partial charge in [0.15, 0.2) is 11.5 Å². The second kappa shape index (κ2) is 6.09. The molecular weight excluding hydrogens is 190 g/mol. The average Bonchev–Trinajstić information content (AvgIpc) is 2.29. The normalized spacial score (nSPS) is 10.6. The zero-order valence-electron chi connectivity index (χ0n) is 9.19. The van der Waals surface area contributed by atoms with Crippen LogP contribution in [0.1, 0.15) is 12.5 Å². The molecule has 0 fully saturated rings. The molecule has 0 saturated heterocycles. The summed E-state index contributed by atoms with van der Waals surface area (Å²) in [5, 5.41) is 0. The van der Waals surface area contributed by atoms with Crippen LogP contribution in [0.25, 0.3) is 0 Å². The topological polar surface area (TPSA) is 44.5 Å². The molecule has 2 N–H and O–H groups in total. The maximum Gasteiger partial charge on any atom is 0.161 e. The van der Waals surface area contributed by atoms with E-state index < -0.39 is 0 Å². The first-order valence-electron chi connectivity index (χ1n) is 4.92. The van der Waals surface area contributed by atoms with Crippen LogP contribution >= 0.6 is 0 Å². The van der Waals surface area contributed by atoms with Crippen molar-refractivity contribution in [3.8, 4) is 11.5 Å². The van der Waals surface area contributed by atoms with Gasteiger partial charge in [-0.3, -0.25) is 0 Å². The Morgan fingerprint density at radius 2 is 2.13 bits per heavy atom. The summed E-state index contributed by atoms with van der Waals surface area (Å²) in [7, 11) is 1.62. The monoisotopic (exact) mass is 207 g/mol. The van der Waals surface area contributed by atoms with Crippen molar-refractivity contribution in [3.05, 3.63) is 35.9 Å². The second-order valence-electron chi connectivity index (χ2n) is 3.07. The van der Waals surface area contributed by atoms with E-state index in [1.54, 1.807) is 7.11 Å². The summed E-state index contributed by atoms with van der Waals surface area (Å²) in [6.07, 6.45) is 3.88. The third kappa shape index (κ3) is 3.29. The summed E-state index contributed by atoms with van der Waals surface area (Å²) in [5.74, 6) is 1.47. The highest BCUT2D eigenvalue weighted by Crippen LogP contribution is 2.27. The molecule has 0 unspecified atom stereocenters. The van der Waals surface area contributed by atoms with Crippen molar-refractivity contribution >= 4 is 0 Å². The van der Waals surface area contributed by atoms with Crippen LogP contribution in [0.5, 0.6) is 11.5 Å². The Labute approximate surface area is 90.5 Å². The van der Waals surface area contributed by atoms with Crippen molar-refractivity contribution in [3.63, 3.8) is 0 Å². The third-order valence-electron chi connectivity index (χ3n) is 2.03. The van der Waals surface area contributed by atoms with Crippen LogP contribution in [-0.2, 0) is 6.54 Å². The summed E-state index contributed by atoms with van der Waals surface area (Å²) in [4.78, 5) is 0. The maximum atomic E-state index is 5.55. The lowest BCUT2D eigenvalue weighted by Gasteiger charge is -2.10. The Bertz CT molecular complexity index is 334. The van der Waals surface area contributed by atoms with Crippen LogP contribution in [0.2, 0.25) is 0 Å². The first-order chi connectivity index (χ1) is 7.31. The summed E-state index contributed by atoms with van der Waals surface area (Å²) < 4.78 is 10.7. The van der Waals surface area contributed by atoms with Gasteiger partial charge in [0.2, 0.25) is 0 Å². The predicted molar refractivity (Wildman–Crippen MR) is 61.2 cm³/mol. The highest BCUT2D eigenvalue weighted by atomic mass is 16.5. The minimum atomic E-state index is 0.504. The van der Waals surface area contributed by atoms with Gasteiger partial charge in [0, 0.05) is 6.54 Å². The summed E-state index contributed by atoms with van der Waals surface area (Å²) in [6.45, 7) is 3.00. The Morgan fingerprint density at radius 1 is 1.33 bits per heavy atom. The standard InChI is InChI=1S/C12H17NO2/c1-3-4-7-15-12-8-10(9-13)5-6-11(12)14-2/h3-6,8H,7,9,13H2,1-2H3/b4-3+. The number of ether oxygens (including phenoxy) is 2. The van der Waals surface area contributed by atoms with Gasteiger partial charge in [0.1, 0.15) is 6.61 Å². The molecule has 0 bridgehead atoms. The molecule has 0 aliphatic rings. The molecule has 0 aliphatic carbocycles. The van der Waals surface area contributed by atoms with Gasteiger partial charge >= 0.3 is 0 Å². The van der Waals surface area contributed by atoms with E-state index in [-0.39, 0.29) is 0 Å². The fourth-order valence-corrected chi connectivity index (χ4v) is 1.19. The second-order valence-corrected chi connectivity index (χ2v) is 3.07. The number of benzene rings is 1. The minimum Gasteiger partial charge on any atom is -0.493 e. The predicted octanol–water partition coefficient (Wildman–Crippen LogP) is 2.11. The van der Waals surface area contributed by atoms with Crippen LogP contribution in [0.4, 0.5) is 0 Å². The molecule has 0 atom stereocenters. The van der Waals surface area contributed by atoms with Crippen molar-refractivity contribution in [1.29, 1.82) is 0 Å². The number of hydrogen-bond donors (Lipinski definition) is 1. The van der Waals surface area contributed by atoms with E-state index in [9.17, 15) is 0 Å². The number of methoxy groups -OCH3 is 1. The van der Waals surface area contributed by atoms with E-state index in [0.29, 0.717) is 13.2 Å². The molecule has 0 heterocycles. The fourth-order valence-electron chi connectivity index (χ4n) is 1.19. The molecule has 0 radical (unpaired) electrons. The molecule has 0 aliphatic heterocycles. The zero-order chi connectivity index (χ0) is 11.1. The SMILES string of the molecule is C/C=C/COc1cc(CN)ccc1OC. The van der Waals surface area contributed by atoms with Gasteiger partial charge in [-0.2, -0.15) is 0 Å². The maximum absolute atomic E-state index is 5.55. The Kier molecular flexibility index (Phi) is 4.71. The summed E-state index contributed by atoms with van der Waals surface area (Å²) >= 11 is 0. The molecule has 3 heteroatoms. The molecule has 0 saturated carbocycles. The lowest BCUT2D eigenvalue weighted by Crippen LogP contribution is -2.00. The van der Waals surface area contributed by atoms with Gasteiger partial charge < -0.3 is 15.2 Å². The number of rotatable bonds is 5. The molecule has 15 heavy (non-hydrogen) atoms. The van der Waals surface area contributed by atoms with E-state index in [1.807, 2.05) is 37.3 Å². The van der Waals surface area contributed by atoms with E-state index in [1.165, 1.54) is 0 Å². The first kappa shape index (κ1) is 11.6. The quantitative estimate of drug-likeness (QED) is 0.752. The number of nitrogens with two attached hydrogens (primary N) is 1. The number of allylic oxidation sites excluding steroid dienone is 1. The fraction of sp³-hybridized carbons (Fsp3) is 0.333. The van der Waals surface area contributed by atoms with Gasteiger partial charge in [0.05, 0.1) is 7.11 Å². The largest absolute Gasteiger partial charge is 0.493 e. The smallest absolute Gasteiger partial charge is 0.161 e. The van der Waals surface area contributed by atoms with Gasteiger partial charge in [0.25, 0.3) is 0 Å². The Morgan fingerprint density at radius 3 is 2.73 bits per heavy atom. The van der Waals surface area contributed by atoms with Gasteiger partial charge in [-0.1, -0.05) is 18.2 Å². The lowest BCUT2D eigenvalue weighted by atomic mass is 10.2.